The van der Waals surface area contributed by atoms with Gasteiger partial charge in [0, 0.05) is 5.69 Å². The Morgan fingerprint density at radius 2 is 1.67 bits per heavy atom. The van der Waals surface area contributed by atoms with Crippen LogP contribution in [0.5, 0.6) is 5.75 Å². The van der Waals surface area contributed by atoms with Gasteiger partial charge >= 0.3 is 12.2 Å². The van der Waals surface area contributed by atoms with Gasteiger partial charge in [-0.05, 0) is 47.4 Å². The van der Waals surface area contributed by atoms with Gasteiger partial charge in [-0.15, -0.1) is 0 Å². The number of carbonyl (C=O) groups is 1. The second-order valence-corrected chi connectivity index (χ2v) is 7.08. The van der Waals surface area contributed by atoms with E-state index in [1.54, 1.807) is 0 Å². The fourth-order valence-electron chi connectivity index (χ4n) is 2.30. The molecule has 0 aromatic heterocycles. The van der Waals surface area contributed by atoms with E-state index < -0.39 is 17.8 Å². The van der Waals surface area contributed by atoms with Crippen LogP contribution in [0, 0.1) is 0 Å². The van der Waals surface area contributed by atoms with E-state index in [0.717, 1.165) is 17.7 Å². The Kier molecular flexibility index (Phi) is 6.36. The molecule has 0 aliphatic heterocycles. The van der Waals surface area contributed by atoms with Crippen molar-refractivity contribution in [3.05, 3.63) is 59.7 Å². The van der Waals surface area contributed by atoms with Crippen LogP contribution in [0.1, 0.15) is 31.9 Å². The second-order valence-electron chi connectivity index (χ2n) is 7.08. The normalized spacial score (nSPS) is 11.8. The van der Waals surface area contributed by atoms with Crippen molar-refractivity contribution >= 4 is 11.7 Å². The van der Waals surface area contributed by atoms with E-state index in [1.165, 1.54) is 12.1 Å². The highest BCUT2D eigenvalue weighted by molar-refractivity contribution is 5.89. The van der Waals surface area contributed by atoms with Crippen molar-refractivity contribution in [2.45, 2.75) is 32.4 Å². The fourth-order valence-corrected chi connectivity index (χ4v) is 2.30. The van der Waals surface area contributed by atoms with Crippen molar-refractivity contribution in [2.75, 3.05) is 18.5 Å². The molecule has 2 amide bonds. The predicted molar refractivity (Wildman–Crippen MR) is 99.1 cm³/mol. The van der Waals surface area contributed by atoms with Crippen LogP contribution in [0.2, 0.25) is 0 Å². The molecule has 7 heteroatoms. The van der Waals surface area contributed by atoms with Gasteiger partial charge in [0.15, 0.2) is 0 Å². The Morgan fingerprint density at radius 3 is 2.26 bits per heavy atom. The summed E-state index contributed by atoms with van der Waals surface area (Å²) in [5, 5.41) is 5.07. The van der Waals surface area contributed by atoms with Crippen LogP contribution in [0.15, 0.2) is 48.5 Å². The van der Waals surface area contributed by atoms with Crippen molar-refractivity contribution in [3.8, 4) is 5.75 Å². The lowest BCUT2D eigenvalue weighted by Gasteiger charge is -2.19. The minimum Gasteiger partial charge on any atom is -0.492 e. The highest BCUT2D eigenvalue weighted by Gasteiger charge is 2.29. The molecule has 0 spiro atoms. The first-order valence-corrected chi connectivity index (χ1v) is 8.51. The lowest BCUT2D eigenvalue weighted by Crippen LogP contribution is -2.32. The zero-order valence-electron chi connectivity index (χ0n) is 15.5. The van der Waals surface area contributed by atoms with Gasteiger partial charge in [0.1, 0.15) is 12.4 Å². The van der Waals surface area contributed by atoms with Crippen LogP contribution in [-0.4, -0.2) is 19.2 Å². The van der Waals surface area contributed by atoms with Crippen LogP contribution < -0.4 is 15.4 Å². The van der Waals surface area contributed by atoms with Gasteiger partial charge in [0.2, 0.25) is 0 Å². The topological polar surface area (TPSA) is 50.4 Å². The Labute approximate surface area is 156 Å². The second kappa shape index (κ2) is 8.33. The first-order chi connectivity index (χ1) is 12.6. The summed E-state index contributed by atoms with van der Waals surface area (Å²) < 4.78 is 43.1. The monoisotopic (exact) mass is 380 g/mol. The summed E-state index contributed by atoms with van der Waals surface area (Å²) in [5.41, 5.74) is 0.672. The molecular weight excluding hydrogens is 357 g/mol. The molecule has 0 unspecified atom stereocenters. The molecule has 146 valence electrons. The van der Waals surface area contributed by atoms with E-state index in [-0.39, 0.29) is 24.3 Å². The Morgan fingerprint density at radius 1 is 1.00 bits per heavy atom. The number of ether oxygens (including phenoxy) is 1. The SMILES string of the molecule is CC(C)(C)c1cccc(OCCNC(=O)Nc2ccc(C(F)(F)F)cc2)c1. The molecule has 0 heterocycles. The van der Waals surface area contributed by atoms with Gasteiger partial charge in [0.25, 0.3) is 0 Å². The summed E-state index contributed by atoms with van der Waals surface area (Å²) in [6, 6.07) is 11.5. The standard InChI is InChI=1S/C20H23F3N2O2/c1-19(2,3)15-5-4-6-17(13-15)27-12-11-24-18(26)25-16-9-7-14(8-10-16)20(21,22)23/h4-10,13H,11-12H2,1-3H3,(H2,24,25,26). The molecule has 2 N–H and O–H groups in total. The summed E-state index contributed by atoms with van der Waals surface area (Å²) in [7, 11) is 0. The van der Waals surface area contributed by atoms with Crippen molar-refractivity contribution in [1.82, 2.24) is 5.32 Å². The molecule has 0 bridgehead atoms. The van der Waals surface area contributed by atoms with E-state index >= 15 is 0 Å². The minimum atomic E-state index is -4.40. The number of nitrogens with one attached hydrogen (secondary N) is 2. The maximum atomic E-state index is 12.5. The van der Waals surface area contributed by atoms with Crippen molar-refractivity contribution < 1.29 is 22.7 Å². The highest BCUT2D eigenvalue weighted by atomic mass is 19.4. The van der Waals surface area contributed by atoms with Gasteiger partial charge in [0.05, 0.1) is 12.1 Å². The smallest absolute Gasteiger partial charge is 0.416 e. The average molecular weight is 380 g/mol. The molecule has 4 nitrogen and oxygen atoms in total. The zero-order chi connectivity index (χ0) is 20.1. The van der Waals surface area contributed by atoms with E-state index in [9.17, 15) is 18.0 Å². The number of halogens is 3. The number of hydrogen-bond acceptors (Lipinski definition) is 2. The molecule has 0 aliphatic rings. The third kappa shape index (κ3) is 6.51. The third-order valence-electron chi connectivity index (χ3n) is 3.83. The number of benzene rings is 2. The summed E-state index contributed by atoms with van der Waals surface area (Å²) in [6.45, 7) is 6.86. The van der Waals surface area contributed by atoms with Crippen LogP contribution in [0.3, 0.4) is 0 Å². The summed E-state index contributed by atoms with van der Waals surface area (Å²) in [4.78, 5) is 11.8. The Hall–Kier alpha value is -2.70. The maximum absolute atomic E-state index is 12.5. The predicted octanol–water partition coefficient (Wildman–Crippen LogP) is 5.20. The third-order valence-corrected chi connectivity index (χ3v) is 3.83. The number of carbonyl (C=O) groups excluding carboxylic acids is 1. The van der Waals surface area contributed by atoms with Crippen molar-refractivity contribution in [2.24, 2.45) is 0 Å². The number of alkyl halides is 3. The average Bonchev–Trinajstić information content (AvgIpc) is 2.58. The van der Waals surface area contributed by atoms with E-state index in [0.29, 0.717) is 5.75 Å². The molecule has 0 saturated heterocycles. The highest BCUT2D eigenvalue weighted by Crippen LogP contribution is 2.29. The molecule has 0 radical (unpaired) electrons. The number of urea groups is 1. The molecule has 0 atom stereocenters. The summed E-state index contributed by atoms with van der Waals surface area (Å²) in [6.07, 6.45) is -4.40. The van der Waals surface area contributed by atoms with Gasteiger partial charge in [-0.2, -0.15) is 13.2 Å². The number of rotatable bonds is 5. The lowest BCUT2D eigenvalue weighted by atomic mass is 9.87. The van der Waals surface area contributed by atoms with Crippen LogP contribution in [0.25, 0.3) is 0 Å². The van der Waals surface area contributed by atoms with Crippen molar-refractivity contribution in [3.63, 3.8) is 0 Å². The van der Waals surface area contributed by atoms with Gasteiger partial charge in [-0.1, -0.05) is 32.9 Å². The quantitative estimate of drug-likeness (QED) is 0.700. The van der Waals surface area contributed by atoms with Gasteiger partial charge < -0.3 is 15.4 Å². The van der Waals surface area contributed by atoms with Crippen molar-refractivity contribution in [1.29, 1.82) is 0 Å². The number of anilines is 1. The maximum Gasteiger partial charge on any atom is 0.416 e. The molecule has 0 saturated carbocycles. The fraction of sp³-hybridized carbons (Fsp3) is 0.350. The molecular formula is C20H23F3N2O2. The first-order valence-electron chi connectivity index (χ1n) is 8.51. The summed E-state index contributed by atoms with van der Waals surface area (Å²) in [5.74, 6) is 0.715. The first kappa shape index (κ1) is 20.6. The largest absolute Gasteiger partial charge is 0.492 e. The zero-order valence-corrected chi connectivity index (χ0v) is 15.5. The van der Waals surface area contributed by atoms with Crippen LogP contribution >= 0.6 is 0 Å². The molecule has 0 aliphatic carbocycles. The molecule has 27 heavy (non-hydrogen) atoms. The van der Waals surface area contributed by atoms with Gasteiger partial charge in [-0.3, -0.25) is 0 Å². The number of hydrogen-bond donors (Lipinski definition) is 2. The van der Waals surface area contributed by atoms with E-state index in [2.05, 4.69) is 31.4 Å². The van der Waals surface area contributed by atoms with Crippen LogP contribution in [-0.2, 0) is 11.6 Å². The minimum absolute atomic E-state index is 0.0131. The van der Waals surface area contributed by atoms with E-state index in [1.807, 2.05) is 24.3 Å². The van der Waals surface area contributed by atoms with E-state index in [4.69, 9.17) is 4.74 Å². The summed E-state index contributed by atoms with van der Waals surface area (Å²) >= 11 is 0. The molecule has 2 aromatic carbocycles. The molecule has 2 aromatic rings. The Bertz CT molecular complexity index is 766. The Balaban J connectivity index is 1.77. The molecule has 0 fully saturated rings. The molecule has 2 rings (SSSR count). The lowest BCUT2D eigenvalue weighted by molar-refractivity contribution is -0.137. The van der Waals surface area contributed by atoms with Crippen LogP contribution in [0.4, 0.5) is 23.7 Å². The number of amides is 2. The van der Waals surface area contributed by atoms with Gasteiger partial charge in [-0.25, -0.2) is 4.79 Å².